The zero-order valence-electron chi connectivity index (χ0n) is 18.3. The highest BCUT2D eigenvalue weighted by molar-refractivity contribution is 5.75. The van der Waals surface area contributed by atoms with E-state index in [9.17, 15) is 0 Å². The second-order valence-corrected chi connectivity index (χ2v) is 8.84. The van der Waals surface area contributed by atoms with E-state index < -0.39 is 0 Å². The average molecular weight is 430 g/mol. The number of rotatable bonds is 5. The second-order valence-electron chi connectivity index (χ2n) is 8.84. The third-order valence-electron chi connectivity index (χ3n) is 6.75. The van der Waals surface area contributed by atoms with Gasteiger partial charge in [-0.1, -0.05) is 6.07 Å². The summed E-state index contributed by atoms with van der Waals surface area (Å²) in [5.41, 5.74) is 5.59. The van der Waals surface area contributed by atoms with Crippen LogP contribution in [-0.4, -0.2) is 54.4 Å². The Morgan fingerprint density at radius 1 is 1.03 bits per heavy atom. The summed E-state index contributed by atoms with van der Waals surface area (Å²) in [6, 6.07) is 10.7. The van der Waals surface area contributed by atoms with Crippen molar-refractivity contribution >= 4 is 17.3 Å². The third-order valence-corrected chi connectivity index (χ3v) is 6.75. The summed E-state index contributed by atoms with van der Waals surface area (Å²) in [6.45, 7) is 7.22. The Labute approximate surface area is 188 Å². The Kier molecular flexibility index (Phi) is 4.72. The molecule has 6 rings (SSSR count). The van der Waals surface area contributed by atoms with E-state index in [2.05, 4.69) is 33.0 Å². The largest absolute Gasteiger partial charge is 0.494 e. The van der Waals surface area contributed by atoms with Gasteiger partial charge in [-0.15, -0.1) is 0 Å². The minimum absolute atomic E-state index is 0.0499. The zero-order valence-corrected chi connectivity index (χ0v) is 18.3. The molecule has 0 N–H and O–H groups in total. The van der Waals surface area contributed by atoms with Crippen molar-refractivity contribution in [2.24, 2.45) is 0 Å². The maximum atomic E-state index is 5.64. The maximum Gasteiger partial charge on any atom is 0.229 e. The van der Waals surface area contributed by atoms with Crippen LogP contribution >= 0.6 is 0 Å². The Hall–Kier alpha value is -3.19. The molecular formula is C25H27N5O2. The van der Waals surface area contributed by atoms with Crippen LogP contribution in [0.25, 0.3) is 11.3 Å². The highest BCUT2D eigenvalue weighted by atomic mass is 16.5. The van der Waals surface area contributed by atoms with Crippen molar-refractivity contribution in [3.05, 3.63) is 54.5 Å². The highest BCUT2D eigenvalue weighted by Crippen LogP contribution is 2.48. The lowest BCUT2D eigenvalue weighted by Gasteiger charge is -2.38. The predicted molar refractivity (Wildman–Crippen MR) is 124 cm³/mol. The minimum atomic E-state index is 0.0499. The van der Waals surface area contributed by atoms with Crippen molar-refractivity contribution in [3.63, 3.8) is 0 Å². The number of ether oxygens (including phenoxy) is 2. The SMILES string of the molecule is CCOc1ccnc(-c2cnc(N3CC4(COC4)c4ccc(N5CCCC5)cc43)nc2)c1. The average Bonchev–Trinajstić information content (AvgIpc) is 3.46. The van der Waals surface area contributed by atoms with E-state index in [-0.39, 0.29) is 5.41 Å². The van der Waals surface area contributed by atoms with Crippen LogP contribution in [0.3, 0.4) is 0 Å². The topological polar surface area (TPSA) is 63.6 Å². The fourth-order valence-corrected chi connectivity index (χ4v) is 5.03. The van der Waals surface area contributed by atoms with E-state index in [4.69, 9.17) is 19.4 Å². The van der Waals surface area contributed by atoms with Crippen LogP contribution in [0.1, 0.15) is 25.3 Å². The van der Waals surface area contributed by atoms with Crippen molar-refractivity contribution in [1.29, 1.82) is 0 Å². The molecule has 3 aromatic rings. The minimum Gasteiger partial charge on any atom is -0.494 e. The van der Waals surface area contributed by atoms with Crippen molar-refractivity contribution < 1.29 is 9.47 Å². The molecular weight excluding hydrogens is 402 g/mol. The van der Waals surface area contributed by atoms with E-state index in [0.29, 0.717) is 6.61 Å². The fraction of sp³-hybridized carbons (Fsp3) is 0.400. The quantitative estimate of drug-likeness (QED) is 0.608. The van der Waals surface area contributed by atoms with Gasteiger partial charge in [0.15, 0.2) is 0 Å². The van der Waals surface area contributed by atoms with E-state index in [1.54, 1.807) is 6.20 Å². The van der Waals surface area contributed by atoms with Gasteiger partial charge in [-0.3, -0.25) is 4.98 Å². The molecule has 3 aliphatic rings. The first-order valence-electron chi connectivity index (χ1n) is 11.4. The molecule has 2 fully saturated rings. The Balaban J connectivity index is 1.33. The van der Waals surface area contributed by atoms with Crippen LogP contribution in [0, 0.1) is 0 Å². The molecule has 0 unspecified atom stereocenters. The number of pyridine rings is 1. The Bertz CT molecular complexity index is 1120. The van der Waals surface area contributed by atoms with Crippen LogP contribution < -0.4 is 14.5 Å². The summed E-state index contributed by atoms with van der Waals surface area (Å²) in [4.78, 5) is 18.7. The molecule has 164 valence electrons. The second kappa shape index (κ2) is 7.74. The van der Waals surface area contributed by atoms with E-state index >= 15 is 0 Å². The first-order chi connectivity index (χ1) is 15.8. The van der Waals surface area contributed by atoms with Crippen LogP contribution in [0.15, 0.2) is 48.9 Å². The molecule has 5 heterocycles. The summed E-state index contributed by atoms with van der Waals surface area (Å²) < 4.78 is 11.2. The van der Waals surface area contributed by atoms with Crippen molar-refractivity contribution in [3.8, 4) is 17.0 Å². The van der Waals surface area contributed by atoms with E-state index in [1.807, 2.05) is 31.5 Å². The fourth-order valence-electron chi connectivity index (χ4n) is 5.03. The van der Waals surface area contributed by atoms with Gasteiger partial charge in [-0.2, -0.15) is 0 Å². The summed E-state index contributed by atoms with van der Waals surface area (Å²) in [5, 5.41) is 0. The molecule has 1 spiro atoms. The van der Waals surface area contributed by atoms with Gasteiger partial charge in [0.2, 0.25) is 5.95 Å². The van der Waals surface area contributed by atoms with Crippen molar-refractivity contribution in [2.45, 2.75) is 25.2 Å². The summed E-state index contributed by atoms with van der Waals surface area (Å²) in [7, 11) is 0. The monoisotopic (exact) mass is 429 g/mol. The smallest absolute Gasteiger partial charge is 0.229 e. The maximum absolute atomic E-state index is 5.64. The van der Waals surface area contributed by atoms with Crippen LogP contribution in [0.5, 0.6) is 5.75 Å². The lowest BCUT2D eigenvalue weighted by atomic mass is 9.80. The Morgan fingerprint density at radius 2 is 1.84 bits per heavy atom. The predicted octanol–water partition coefficient (Wildman–Crippen LogP) is 3.96. The number of anilines is 3. The lowest BCUT2D eigenvalue weighted by Crippen LogP contribution is -2.49. The van der Waals surface area contributed by atoms with Crippen LogP contribution in [-0.2, 0) is 10.2 Å². The van der Waals surface area contributed by atoms with Gasteiger partial charge in [-0.05, 0) is 43.5 Å². The molecule has 0 saturated carbocycles. The molecule has 3 aliphatic heterocycles. The van der Waals surface area contributed by atoms with Crippen molar-refractivity contribution in [2.75, 3.05) is 49.3 Å². The molecule has 0 radical (unpaired) electrons. The first kappa shape index (κ1) is 19.5. The van der Waals surface area contributed by atoms with Gasteiger partial charge in [-0.25, -0.2) is 9.97 Å². The number of hydrogen-bond donors (Lipinski definition) is 0. The number of benzene rings is 1. The van der Waals surface area contributed by atoms with Crippen LogP contribution in [0.2, 0.25) is 0 Å². The molecule has 0 aliphatic carbocycles. The van der Waals surface area contributed by atoms with Gasteiger partial charge in [0.1, 0.15) is 5.75 Å². The van der Waals surface area contributed by atoms with Gasteiger partial charge < -0.3 is 19.3 Å². The van der Waals surface area contributed by atoms with Gasteiger partial charge in [0.25, 0.3) is 0 Å². The molecule has 7 nitrogen and oxygen atoms in total. The molecule has 1 aromatic carbocycles. The zero-order chi connectivity index (χ0) is 21.5. The molecule has 2 saturated heterocycles. The lowest BCUT2D eigenvalue weighted by molar-refractivity contribution is -0.0507. The normalized spacial score (nSPS) is 18.7. The van der Waals surface area contributed by atoms with E-state index in [1.165, 1.54) is 29.8 Å². The van der Waals surface area contributed by atoms with Gasteiger partial charge in [0, 0.05) is 61.2 Å². The number of fused-ring (bicyclic) bond motifs is 2. The standard InChI is InChI=1S/C25H27N5O2/c1-2-32-20-7-8-26-22(12-20)18-13-27-24(28-14-18)30-15-25(16-31-17-25)21-6-5-19(11-23(21)30)29-9-3-4-10-29/h5-8,11-14H,2-4,9-10,15-17H2,1H3. The first-order valence-corrected chi connectivity index (χ1v) is 11.4. The Morgan fingerprint density at radius 3 is 2.56 bits per heavy atom. The summed E-state index contributed by atoms with van der Waals surface area (Å²) >= 11 is 0. The molecule has 32 heavy (non-hydrogen) atoms. The van der Waals surface area contributed by atoms with Gasteiger partial charge >= 0.3 is 0 Å². The summed E-state index contributed by atoms with van der Waals surface area (Å²) in [5.74, 6) is 1.52. The molecule has 0 bridgehead atoms. The van der Waals surface area contributed by atoms with E-state index in [0.717, 1.165) is 55.8 Å². The molecule has 7 heteroatoms. The molecule has 0 atom stereocenters. The number of aromatic nitrogens is 3. The van der Waals surface area contributed by atoms with Crippen molar-refractivity contribution in [1.82, 2.24) is 15.0 Å². The molecule has 0 amide bonds. The highest BCUT2D eigenvalue weighted by Gasteiger charge is 2.49. The number of nitrogens with zero attached hydrogens (tertiary/aromatic N) is 5. The summed E-state index contributed by atoms with van der Waals surface area (Å²) in [6.07, 6.45) is 7.99. The number of hydrogen-bond acceptors (Lipinski definition) is 7. The van der Waals surface area contributed by atoms with Crippen LogP contribution in [0.4, 0.5) is 17.3 Å². The third kappa shape index (κ3) is 3.19. The van der Waals surface area contributed by atoms with Gasteiger partial charge in [0.05, 0.1) is 30.9 Å². The molecule has 2 aromatic heterocycles.